The molecule has 0 saturated carbocycles. The Morgan fingerprint density at radius 3 is 2.44 bits per heavy atom. The van der Waals surface area contributed by atoms with Crippen LogP contribution in [-0.4, -0.2) is 56.1 Å². The molecule has 0 amide bonds. The summed E-state index contributed by atoms with van der Waals surface area (Å²) in [6.45, 7) is 1.99. The van der Waals surface area contributed by atoms with Gasteiger partial charge in [0.15, 0.2) is 17.3 Å². The predicted octanol–water partition coefficient (Wildman–Crippen LogP) is 2.95. The monoisotopic (exact) mass is 393 g/mol. The number of carbonyl (C=O) groups is 1. The molecule has 1 aliphatic heterocycles. The Balaban J connectivity index is 2.05. The van der Waals surface area contributed by atoms with Crippen LogP contribution in [0.15, 0.2) is 24.0 Å². The zero-order chi connectivity index (χ0) is 19.7. The van der Waals surface area contributed by atoms with Gasteiger partial charge in [-0.3, -0.25) is 4.79 Å². The first-order chi connectivity index (χ1) is 13.0. The van der Waals surface area contributed by atoms with E-state index in [9.17, 15) is 4.79 Å². The third-order valence-corrected chi connectivity index (χ3v) is 5.29. The fourth-order valence-corrected chi connectivity index (χ4v) is 3.92. The molecule has 8 heteroatoms. The largest absolute Gasteiger partial charge is 0.493 e. The van der Waals surface area contributed by atoms with Gasteiger partial charge >= 0.3 is 0 Å². The normalized spacial score (nSPS) is 19.2. The lowest BCUT2D eigenvalue weighted by Crippen LogP contribution is -2.36. The van der Waals surface area contributed by atoms with Crippen LogP contribution in [0, 0.1) is 5.92 Å². The molecule has 27 heavy (non-hydrogen) atoms. The maximum atomic E-state index is 13.2. The van der Waals surface area contributed by atoms with Crippen LogP contribution in [-0.2, 0) is 0 Å². The van der Waals surface area contributed by atoms with Crippen LogP contribution in [0.4, 0.5) is 0 Å². The van der Waals surface area contributed by atoms with Gasteiger partial charge in [0, 0.05) is 18.5 Å². The van der Waals surface area contributed by atoms with Crippen molar-refractivity contribution in [1.82, 2.24) is 15.2 Å². The molecule has 1 aromatic carbocycles. The number of Topliss-reactive ketones (excluding diaryl/α,β-unsaturated/α-hetero) is 1. The summed E-state index contributed by atoms with van der Waals surface area (Å²) < 4.78 is 16.3. The number of hydrogen-bond donors (Lipinski definition) is 2. The number of nitrogens with zero attached hydrogens (tertiary/aromatic N) is 1. The summed E-state index contributed by atoms with van der Waals surface area (Å²) in [5.41, 5.74) is 1.19. The summed E-state index contributed by atoms with van der Waals surface area (Å²) in [5, 5.41) is 3.90. The van der Waals surface area contributed by atoms with Crippen molar-refractivity contribution in [2.24, 2.45) is 5.92 Å². The lowest BCUT2D eigenvalue weighted by atomic mass is 9.96. The minimum atomic E-state index is -0.311. The van der Waals surface area contributed by atoms with E-state index < -0.39 is 0 Å². The Labute approximate surface area is 163 Å². The first-order valence-electron chi connectivity index (χ1n) is 8.58. The van der Waals surface area contributed by atoms with Crippen LogP contribution < -0.4 is 19.5 Å². The number of methoxy groups -OCH3 is 3. The number of carbonyl (C=O) groups excluding carboxylic acids is 1. The second-order valence-electron chi connectivity index (χ2n) is 6.31. The molecule has 2 N–H and O–H groups in total. The Morgan fingerprint density at radius 2 is 1.93 bits per heavy atom. The number of nitrogens with one attached hydrogen (secondary N) is 2. The maximum Gasteiger partial charge on any atom is 0.205 e. The fraction of sp³-hybridized carbons (Fsp3) is 0.421. The molecule has 2 heterocycles. The van der Waals surface area contributed by atoms with Crippen molar-refractivity contribution in [3.8, 4) is 17.2 Å². The number of H-pyrrole nitrogens is 1. The average molecular weight is 394 g/mol. The first kappa shape index (κ1) is 19.2. The number of ether oxygens (including phenoxy) is 3. The van der Waals surface area contributed by atoms with Crippen molar-refractivity contribution >= 4 is 28.3 Å². The molecule has 0 aliphatic carbocycles. The van der Waals surface area contributed by atoms with Gasteiger partial charge in [0.25, 0.3) is 0 Å². The Bertz CT molecular complexity index is 893. The number of ketones is 1. The molecule has 2 aromatic rings. The third-order valence-electron chi connectivity index (χ3n) is 5.03. The maximum absolute atomic E-state index is 13.2. The lowest BCUT2D eigenvalue weighted by Gasteiger charge is -2.26. The quantitative estimate of drug-likeness (QED) is 0.428. The zero-order valence-electron chi connectivity index (χ0n) is 16.1. The molecular weight excluding hydrogens is 370 g/mol. The third kappa shape index (κ3) is 3.06. The summed E-state index contributed by atoms with van der Waals surface area (Å²) >= 11 is 6.04. The SMILES string of the molecule is CNC1=CC(C(=O)c2cc3cc(OC)c(OC)c(OC)c3[nH]2)C(C)N1CCl. The van der Waals surface area contributed by atoms with E-state index in [-0.39, 0.29) is 17.7 Å². The molecule has 2 unspecified atom stereocenters. The van der Waals surface area contributed by atoms with Crippen LogP contribution in [0.25, 0.3) is 10.9 Å². The highest BCUT2D eigenvalue weighted by Crippen LogP contribution is 2.43. The summed E-state index contributed by atoms with van der Waals surface area (Å²) in [5.74, 6) is 2.05. The van der Waals surface area contributed by atoms with E-state index in [0.717, 1.165) is 11.2 Å². The highest BCUT2D eigenvalue weighted by atomic mass is 35.5. The van der Waals surface area contributed by atoms with Gasteiger partial charge in [0.2, 0.25) is 5.75 Å². The number of aromatic nitrogens is 1. The van der Waals surface area contributed by atoms with Gasteiger partial charge in [0.05, 0.1) is 50.3 Å². The Morgan fingerprint density at radius 1 is 1.22 bits per heavy atom. The van der Waals surface area contributed by atoms with E-state index in [1.807, 2.05) is 37.1 Å². The van der Waals surface area contributed by atoms with Crippen molar-refractivity contribution < 1.29 is 19.0 Å². The van der Waals surface area contributed by atoms with Gasteiger partial charge in [-0.1, -0.05) is 0 Å². The highest BCUT2D eigenvalue weighted by molar-refractivity contribution is 6.17. The zero-order valence-corrected chi connectivity index (χ0v) is 16.8. The molecule has 1 aliphatic rings. The number of aromatic amines is 1. The number of hydrogen-bond acceptors (Lipinski definition) is 6. The van der Waals surface area contributed by atoms with Crippen molar-refractivity contribution in [3.05, 3.63) is 29.7 Å². The van der Waals surface area contributed by atoms with Gasteiger partial charge in [0.1, 0.15) is 0 Å². The van der Waals surface area contributed by atoms with Crippen molar-refractivity contribution in [1.29, 1.82) is 0 Å². The van der Waals surface area contributed by atoms with Gasteiger partial charge in [-0.25, -0.2) is 0 Å². The Hall–Kier alpha value is -2.54. The van der Waals surface area contributed by atoms with E-state index in [1.165, 1.54) is 0 Å². The highest BCUT2D eigenvalue weighted by Gasteiger charge is 2.36. The molecule has 3 rings (SSSR count). The summed E-state index contributed by atoms with van der Waals surface area (Å²) in [7, 11) is 6.48. The van der Waals surface area contributed by atoms with E-state index >= 15 is 0 Å². The molecule has 0 bridgehead atoms. The minimum absolute atomic E-state index is 0.0148. The molecule has 1 aromatic heterocycles. The molecule has 7 nitrogen and oxygen atoms in total. The van der Waals surface area contributed by atoms with E-state index in [0.29, 0.717) is 34.5 Å². The standard InChI is InChI=1S/C19H24ClN3O4/c1-10-12(8-15(21-2)23(10)9-20)17(24)13-6-11-7-14(25-3)18(26-4)19(27-5)16(11)22-13/h6-8,10,12,21-22H,9H2,1-5H3. The van der Waals surface area contributed by atoms with Gasteiger partial charge in [-0.2, -0.15) is 0 Å². The van der Waals surface area contributed by atoms with Gasteiger partial charge in [-0.15, -0.1) is 11.6 Å². The van der Waals surface area contributed by atoms with E-state index in [1.54, 1.807) is 21.3 Å². The summed E-state index contributed by atoms with van der Waals surface area (Å²) in [6.07, 6.45) is 1.92. The fourth-order valence-electron chi connectivity index (χ4n) is 3.57. The average Bonchev–Trinajstić information content (AvgIpc) is 3.25. The second kappa shape index (κ2) is 7.60. The number of fused-ring (bicyclic) bond motifs is 1. The van der Waals surface area contributed by atoms with E-state index in [4.69, 9.17) is 25.8 Å². The molecule has 2 atom stereocenters. The van der Waals surface area contributed by atoms with Crippen LogP contribution in [0.5, 0.6) is 17.2 Å². The molecule has 0 saturated heterocycles. The molecule has 0 spiro atoms. The van der Waals surface area contributed by atoms with Crippen molar-refractivity contribution in [3.63, 3.8) is 0 Å². The van der Waals surface area contributed by atoms with Crippen molar-refractivity contribution in [2.75, 3.05) is 34.4 Å². The Kier molecular flexibility index (Phi) is 5.41. The topological polar surface area (TPSA) is 75.8 Å². The molecule has 146 valence electrons. The number of rotatable bonds is 7. The van der Waals surface area contributed by atoms with E-state index in [2.05, 4.69) is 10.3 Å². The lowest BCUT2D eigenvalue weighted by molar-refractivity contribution is 0.0906. The predicted molar refractivity (Wildman–Crippen MR) is 105 cm³/mol. The van der Waals surface area contributed by atoms with Crippen LogP contribution >= 0.6 is 11.6 Å². The minimum Gasteiger partial charge on any atom is -0.493 e. The summed E-state index contributed by atoms with van der Waals surface area (Å²) in [4.78, 5) is 18.3. The number of benzene rings is 1. The number of halogens is 1. The summed E-state index contributed by atoms with van der Waals surface area (Å²) in [6, 6.07) is 3.90. The van der Waals surface area contributed by atoms with Crippen LogP contribution in [0.3, 0.4) is 0 Å². The van der Waals surface area contributed by atoms with Crippen LogP contribution in [0.1, 0.15) is 17.4 Å². The number of alkyl halides is 1. The second-order valence-corrected chi connectivity index (χ2v) is 6.55. The van der Waals surface area contributed by atoms with Crippen molar-refractivity contribution in [2.45, 2.75) is 13.0 Å². The molecular formula is C19H24ClN3O4. The first-order valence-corrected chi connectivity index (χ1v) is 9.12. The van der Waals surface area contributed by atoms with Gasteiger partial charge in [-0.05, 0) is 25.1 Å². The van der Waals surface area contributed by atoms with Gasteiger partial charge < -0.3 is 29.4 Å². The molecule has 0 fully saturated rings. The van der Waals surface area contributed by atoms with Crippen LogP contribution in [0.2, 0.25) is 0 Å². The molecule has 0 radical (unpaired) electrons. The smallest absolute Gasteiger partial charge is 0.205 e.